The van der Waals surface area contributed by atoms with Crippen molar-refractivity contribution in [1.29, 1.82) is 0 Å². The quantitative estimate of drug-likeness (QED) is 0.784. The van der Waals surface area contributed by atoms with Crippen molar-refractivity contribution in [2.75, 3.05) is 0 Å². The highest BCUT2D eigenvalue weighted by atomic mass is 16.5. The second kappa shape index (κ2) is 4.17. The molecule has 17 heavy (non-hydrogen) atoms. The average molecular weight is 232 g/mol. The SMILES string of the molecule is CC(=O)Oc1nc2ccccc2nc1C(=O)O. The fourth-order valence-electron chi connectivity index (χ4n) is 1.33. The second-order valence-electron chi connectivity index (χ2n) is 3.26. The normalized spacial score (nSPS) is 10.2. The number of rotatable bonds is 2. The number of aromatic nitrogens is 2. The number of carbonyl (C=O) groups excluding carboxylic acids is 1. The summed E-state index contributed by atoms with van der Waals surface area (Å²) in [6, 6.07) is 6.73. The van der Waals surface area contributed by atoms with E-state index in [9.17, 15) is 9.59 Å². The number of nitrogens with zero attached hydrogens (tertiary/aromatic N) is 2. The predicted octanol–water partition coefficient (Wildman–Crippen LogP) is 1.25. The third-order valence-corrected chi connectivity index (χ3v) is 1.98. The fourth-order valence-corrected chi connectivity index (χ4v) is 1.33. The van der Waals surface area contributed by atoms with Gasteiger partial charge in [0.25, 0.3) is 5.88 Å². The van der Waals surface area contributed by atoms with Crippen molar-refractivity contribution in [2.45, 2.75) is 6.92 Å². The van der Waals surface area contributed by atoms with Crippen LogP contribution in [0.2, 0.25) is 0 Å². The van der Waals surface area contributed by atoms with Gasteiger partial charge in [-0.1, -0.05) is 12.1 Å². The Morgan fingerprint density at radius 3 is 2.29 bits per heavy atom. The number of esters is 1. The van der Waals surface area contributed by atoms with Crippen LogP contribution in [0.5, 0.6) is 5.88 Å². The molecule has 2 aromatic rings. The Morgan fingerprint density at radius 2 is 1.76 bits per heavy atom. The van der Waals surface area contributed by atoms with Gasteiger partial charge in [-0.2, -0.15) is 0 Å². The summed E-state index contributed by atoms with van der Waals surface area (Å²) in [5.41, 5.74) is 0.522. The summed E-state index contributed by atoms with van der Waals surface area (Å²) >= 11 is 0. The number of carboxylic acid groups (broad SMARTS) is 1. The third-order valence-electron chi connectivity index (χ3n) is 1.98. The maximum absolute atomic E-state index is 11.0. The van der Waals surface area contributed by atoms with E-state index in [1.54, 1.807) is 24.3 Å². The van der Waals surface area contributed by atoms with Gasteiger partial charge in [-0.25, -0.2) is 14.8 Å². The summed E-state index contributed by atoms with van der Waals surface area (Å²) in [6.07, 6.45) is 0. The summed E-state index contributed by atoms with van der Waals surface area (Å²) in [5, 5.41) is 8.94. The summed E-state index contributed by atoms with van der Waals surface area (Å²) in [6.45, 7) is 1.17. The Hall–Kier alpha value is -2.50. The molecule has 0 amide bonds. The van der Waals surface area contributed by atoms with Crippen molar-refractivity contribution in [1.82, 2.24) is 9.97 Å². The molecule has 1 aromatic heterocycles. The number of aromatic carboxylic acids is 1. The van der Waals surface area contributed by atoms with Crippen molar-refractivity contribution in [3.05, 3.63) is 30.0 Å². The highest BCUT2D eigenvalue weighted by Crippen LogP contribution is 2.18. The summed E-state index contributed by atoms with van der Waals surface area (Å²) < 4.78 is 4.72. The molecule has 0 spiro atoms. The Kier molecular flexibility index (Phi) is 2.70. The maximum atomic E-state index is 11.0. The summed E-state index contributed by atoms with van der Waals surface area (Å²) in [7, 11) is 0. The zero-order chi connectivity index (χ0) is 12.4. The Balaban J connectivity index is 2.66. The molecule has 0 unspecified atom stereocenters. The highest BCUT2D eigenvalue weighted by molar-refractivity contribution is 5.91. The van der Waals surface area contributed by atoms with Crippen LogP contribution < -0.4 is 4.74 Å². The lowest BCUT2D eigenvalue weighted by Crippen LogP contribution is -2.11. The molecule has 0 atom stereocenters. The smallest absolute Gasteiger partial charge is 0.360 e. The molecule has 0 aliphatic heterocycles. The lowest BCUT2D eigenvalue weighted by Gasteiger charge is -2.05. The largest absolute Gasteiger partial charge is 0.476 e. The molecule has 86 valence electrons. The number of para-hydroxylation sites is 2. The molecule has 0 bridgehead atoms. The van der Waals surface area contributed by atoms with Crippen molar-refractivity contribution < 1.29 is 19.4 Å². The van der Waals surface area contributed by atoms with Crippen LogP contribution in [0.1, 0.15) is 17.4 Å². The topological polar surface area (TPSA) is 89.4 Å². The molecular weight excluding hydrogens is 224 g/mol. The Morgan fingerprint density at radius 1 is 1.18 bits per heavy atom. The Bertz CT molecular complexity index is 609. The van der Waals surface area contributed by atoms with E-state index in [2.05, 4.69) is 9.97 Å². The number of fused-ring (bicyclic) bond motifs is 1. The molecule has 1 N–H and O–H groups in total. The van der Waals surface area contributed by atoms with E-state index in [1.165, 1.54) is 6.92 Å². The molecule has 1 heterocycles. The van der Waals surface area contributed by atoms with Crippen LogP contribution in [0.25, 0.3) is 11.0 Å². The minimum atomic E-state index is -1.29. The first kappa shape index (κ1) is 11.0. The van der Waals surface area contributed by atoms with Crippen LogP contribution in [0.4, 0.5) is 0 Å². The van der Waals surface area contributed by atoms with Crippen molar-refractivity contribution in [3.63, 3.8) is 0 Å². The van der Waals surface area contributed by atoms with Crippen molar-refractivity contribution in [2.24, 2.45) is 0 Å². The first-order valence-corrected chi connectivity index (χ1v) is 4.76. The minimum absolute atomic E-state index is 0.288. The van der Waals surface area contributed by atoms with Gasteiger partial charge in [-0.05, 0) is 12.1 Å². The molecule has 2 rings (SSSR count). The van der Waals surface area contributed by atoms with Crippen LogP contribution in [0.3, 0.4) is 0 Å². The zero-order valence-corrected chi connectivity index (χ0v) is 8.88. The second-order valence-corrected chi connectivity index (χ2v) is 3.26. The van der Waals surface area contributed by atoms with Gasteiger partial charge in [0.05, 0.1) is 11.0 Å². The lowest BCUT2D eigenvalue weighted by molar-refractivity contribution is -0.132. The van der Waals surface area contributed by atoms with Gasteiger partial charge in [0.15, 0.2) is 0 Å². The molecule has 1 aromatic carbocycles. The molecule has 0 aliphatic carbocycles. The molecule has 0 saturated carbocycles. The molecular formula is C11H8N2O4. The van der Waals surface area contributed by atoms with Gasteiger partial charge in [-0.3, -0.25) is 4.79 Å². The number of carbonyl (C=O) groups is 2. The predicted molar refractivity (Wildman–Crippen MR) is 57.8 cm³/mol. The molecule has 0 fully saturated rings. The van der Waals surface area contributed by atoms with E-state index in [0.717, 1.165) is 0 Å². The van der Waals surface area contributed by atoms with E-state index in [0.29, 0.717) is 11.0 Å². The van der Waals surface area contributed by atoms with Gasteiger partial charge < -0.3 is 9.84 Å². The first-order chi connectivity index (χ1) is 8.08. The van der Waals surface area contributed by atoms with E-state index in [-0.39, 0.29) is 11.6 Å². The standard InChI is InChI=1S/C11H8N2O4/c1-6(14)17-10-9(11(15)16)12-7-4-2-3-5-8(7)13-10/h2-5H,1H3,(H,15,16). The number of hydrogen-bond donors (Lipinski definition) is 1. The maximum Gasteiger partial charge on any atom is 0.360 e. The fraction of sp³-hybridized carbons (Fsp3) is 0.0909. The molecule has 6 nitrogen and oxygen atoms in total. The van der Waals surface area contributed by atoms with Gasteiger partial charge in [-0.15, -0.1) is 0 Å². The van der Waals surface area contributed by atoms with Crippen molar-refractivity contribution in [3.8, 4) is 5.88 Å². The van der Waals surface area contributed by atoms with E-state index >= 15 is 0 Å². The Labute approximate surface area is 95.9 Å². The summed E-state index contributed by atoms with van der Waals surface area (Å²) in [4.78, 5) is 29.6. The van der Waals surface area contributed by atoms with Gasteiger partial charge in [0.1, 0.15) is 0 Å². The number of hydrogen-bond acceptors (Lipinski definition) is 5. The first-order valence-electron chi connectivity index (χ1n) is 4.76. The van der Waals surface area contributed by atoms with Gasteiger partial charge >= 0.3 is 11.9 Å². The van der Waals surface area contributed by atoms with Crippen LogP contribution in [0, 0.1) is 0 Å². The van der Waals surface area contributed by atoms with Crippen molar-refractivity contribution >= 4 is 23.0 Å². The minimum Gasteiger partial charge on any atom is -0.476 e. The van der Waals surface area contributed by atoms with Gasteiger partial charge in [0.2, 0.25) is 5.69 Å². The van der Waals surface area contributed by atoms with E-state index in [1.807, 2.05) is 0 Å². The van der Waals surface area contributed by atoms with Gasteiger partial charge in [0, 0.05) is 6.92 Å². The summed E-state index contributed by atoms with van der Waals surface area (Å²) in [5.74, 6) is -2.22. The lowest BCUT2D eigenvalue weighted by atomic mass is 10.3. The van der Waals surface area contributed by atoms with Crippen LogP contribution in [-0.2, 0) is 4.79 Å². The number of benzene rings is 1. The molecule has 0 radical (unpaired) electrons. The van der Waals surface area contributed by atoms with Crippen LogP contribution in [-0.4, -0.2) is 27.0 Å². The average Bonchev–Trinajstić information content (AvgIpc) is 2.27. The number of ether oxygens (including phenoxy) is 1. The molecule has 6 heteroatoms. The highest BCUT2D eigenvalue weighted by Gasteiger charge is 2.17. The van der Waals surface area contributed by atoms with Crippen LogP contribution >= 0.6 is 0 Å². The van der Waals surface area contributed by atoms with E-state index in [4.69, 9.17) is 9.84 Å². The van der Waals surface area contributed by atoms with Crippen LogP contribution in [0.15, 0.2) is 24.3 Å². The molecule has 0 saturated heterocycles. The molecule has 0 aliphatic rings. The monoisotopic (exact) mass is 232 g/mol. The van der Waals surface area contributed by atoms with E-state index < -0.39 is 11.9 Å². The third kappa shape index (κ3) is 2.20. The number of carboxylic acids is 1. The zero-order valence-electron chi connectivity index (χ0n) is 8.88.